The number of sulfonamides is 1. The molecule has 7 nitrogen and oxygen atoms in total. The van der Waals surface area contributed by atoms with Crippen molar-refractivity contribution in [1.29, 1.82) is 0 Å². The smallest absolute Gasteiger partial charge is 0.243 e. The molecule has 3 aromatic rings. The van der Waals surface area contributed by atoms with Gasteiger partial charge in [0.05, 0.1) is 24.2 Å². The summed E-state index contributed by atoms with van der Waals surface area (Å²) in [5.41, 5.74) is 2.02. The third-order valence-electron chi connectivity index (χ3n) is 6.24. The zero-order chi connectivity index (χ0) is 24.7. The number of hydrogen-bond acceptors (Lipinski definition) is 5. The molecule has 1 aliphatic rings. The molecule has 0 bridgehead atoms. The van der Waals surface area contributed by atoms with E-state index in [0.29, 0.717) is 32.6 Å². The zero-order valence-corrected chi connectivity index (χ0v) is 20.7. The summed E-state index contributed by atoms with van der Waals surface area (Å²) in [5, 5.41) is 0. The van der Waals surface area contributed by atoms with Crippen LogP contribution in [0.25, 0.3) is 0 Å². The van der Waals surface area contributed by atoms with Gasteiger partial charge in [-0.2, -0.15) is 4.31 Å². The van der Waals surface area contributed by atoms with Crippen molar-refractivity contribution in [2.75, 3.05) is 51.3 Å². The van der Waals surface area contributed by atoms with E-state index in [0.717, 1.165) is 17.0 Å². The van der Waals surface area contributed by atoms with Gasteiger partial charge in [0.1, 0.15) is 5.75 Å². The van der Waals surface area contributed by atoms with Gasteiger partial charge in [-0.15, -0.1) is 0 Å². The summed E-state index contributed by atoms with van der Waals surface area (Å²) in [5.74, 6) is 0.616. The molecule has 0 aliphatic carbocycles. The van der Waals surface area contributed by atoms with E-state index in [1.54, 1.807) is 42.3 Å². The van der Waals surface area contributed by atoms with Crippen LogP contribution in [0, 0.1) is 0 Å². The average Bonchev–Trinajstić information content (AvgIpc) is 2.92. The fraction of sp³-hybridized carbons (Fsp3) is 0.296. The fourth-order valence-electron chi connectivity index (χ4n) is 4.26. The molecule has 0 N–H and O–H groups in total. The second-order valence-electron chi connectivity index (χ2n) is 8.43. The first kappa shape index (κ1) is 24.8. The maximum atomic E-state index is 13.4. The molecule has 8 heteroatoms. The SMILES string of the molecule is COc1ccccc1N1CCN(C(=O)CN(CCc2ccccc2)S(=O)(=O)c2ccccc2)CC1. The maximum Gasteiger partial charge on any atom is 0.243 e. The van der Waals surface area contributed by atoms with Crippen LogP contribution in [0.15, 0.2) is 89.8 Å². The van der Waals surface area contributed by atoms with Gasteiger partial charge in [0.25, 0.3) is 0 Å². The highest BCUT2D eigenvalue weighted by Crippen LogP contribution is 2.28. The number of methoxy groups -OCH3 is 1. The van der Waals surface area contributed by atoms with Crippen LogP contribution in [0.3, 0.4) is 0 Å². The predicted octanol–water partition coefficient (Wildman–Crippen LogP) is 3.28. The lowest BCUT2D eigenvalue weighted by Crippen LogP contribution is -2.52. The van der Waals surface area contributed by atoms with E-state index < -0.39 is 10.0 Å². The van der Waals surface area contributed by atoms with Crippen LogP contribution in [-0.2, 0) is 21.2 Å². The molecule has 1 fully saturated rings. The number of carbonyl (C=O) groups is 1. The fourth-order valence-corrected chi connectivity index (χ4v) is 5.67. The van der Waals surface area contributed by atoms with Crippen LogP contribution in [0.4, 0.5) is 5.69 Å². The first-order valence-corrected chi connectivity index (χ1v) is 13.2. The van der Waals surface area contributed by atoms with Crippen LogP contribution in [0.2, 0.25) is 0 Å². The lowest BCUT2D eigenvalue weighted by Gasteiger charge is -2.37. The third kappa shape index (κ3) is 6.01. The van der Waals surface area contributed by atoms with Gasteiger partial charge in [-0.05, 0) is 36.2 Å². The van der Waals surface area contributed by atoms with Gasteiger partial charge in [-0.1, -0.05) is 60.7 Å². The molecule has 1 heterocycles. The van der Waals surface area contributed by atoms with Gasteiger partial charge in [0.2, 0.25) is 15.9 Å². The minimum Gasteiger partial charge on any atom is -0.495 e. The van der Waals surface area contributed by atoms with Gasteiger partial charge in [0.15, 0.2) is 0 Å². The molecule has 1 amide bonds. The van der Waals surface area contributed by atoms with Gasteiger partial charge in [-0.25, -0.2) is 8.42 Å². The van der Waals surface area contributed by atoms with Gasteiger partial charge < -0.3 is 14.5 Å². The molecule has 0 aromatic heterocycles. The summed E-state index contributed by atoms with van der Waals surface area (Å²) in [6.45, 7) is 2.40. The molecular formula is C27H31N3O4S. The van der Waals surface area contributed by atoms with Gasteiger partial charge >= 0.3 is 0 Å². The molecule has 0 radical (unpaired) electrons. The van der Waals surface area contributed by atoms with E-state index in [1.807, 2.05) is 54.6 Å². The highest BCUT2D eigenvalue weighted by Gasteiger charge is 2.30. The van der Waals surface area contributed by atoms with Crippen LogP contribution < -0.4 is 9.64 Å². The van der Waals surface area contributed by atoms with Crippen molar-refractivity contribution in [2.24, 2.45) is 0 Å². The molecule has 0 atom stereocenters. The zero-order valence-electron chi connectivity index (χ0n) is 19.9. The normalized spacial score (nSPS) is 14.2. The number of nitrogens with zero attached hydrogens (tertiary/aromatic N) is 3. The summed E-state index contributed by atoms with van der Waals surface area (Å²) in [7, 11) is -2.16. The number of rotatable bonds is 9. The second-order valence-corrected chi connectivity index (χ2v) is 10.4. The Morgan fingerprint density at radius 2 is 1.46 bits per heavy atom. The highest BCUT2D eigenvalue weighted by molar-refractivity contribution is 7.89. The van der Waals surface area contributed by atoms with Gasteiger partial charge in [0, 0.05) is 32.7 Å². The molecule has 35 heavy (non-hydrogen) atoms. The van der Waals surface area contributed by atoms with Crippen LogP contribution in [0.1, 0.15) is 5.56 Å². The van der Waals surface area contributed by atoms with E-state index in [9.17, 15) is 13.2 Å². The highest BCUT2D eigenvalue weighted by atomic mass is 32.2. The lowest BCUT2D eigenvalue weighted by molar-refractivity contribution is -0.131. The van der Waals surface area contributed by atoms with Crippen molar-refractivity contribution in [3.63, 3.8) is 0 Å². The quantitative estimate of drug-likeness (QED) is 0.458. The molecular weight excluding hydrogens is 462 g/mol. The summed E-state index contributed by atoms with van der Waals surface area (Å²) < 4.78 is 33.6. The second kappa shape index (κ2) is 11.4. The van der Waals surface area contributed by atoms with Crippen LogP contribution in [-0.4, -0.2) is 69.9 Å². The average molecular weight is 494 g/mol. The van der Waals surface area contributed by atoms with Crippen molar-refractivity contribution in [1.82, 2.24) is 9.21 Å². The van der Waals surface area contributed by atoms with E-state index in [1.165, 1.54) is 4.31 Å². The molecule has 4 rings (SSSR count). The van der Waals surface area contributed by atoms with Crippen LogP contribution in [0.5, 0.6) is 5.75 Å². The Labute approximate surface area is 207 Å². The Kier molecular flexibility index (Phi) is 8.05. The van der Waals surface area contributed by atoms with Gasteiger partial charge in [-0.3, -0.25) is 4.79 Å². The monoisotopic (exact) mass is 493 g/mol. The maximum absolute atomic E-state index is 13.4. The number of hydrogen-bond donors (Lipinski definition) is 0. The number of carbonyl (C=O) groups excluding carboxylic acids is 1. The van der Waals surface area contributed by atoms with Crippen molar-refractivity contribution in [2.45, 2.75) is 11.3 Å². The summed E-state index contributed by atoms with van der Waals surface area (Å²) in [6.07, 6.45) is 0.530. The number of anilines is 1. The van der Waals surface area contributed by atoms with Crippen LogP contribution >= 0.6 is 0 Å². The molecule has 0 unspecified atom stereocenters. The van der Waals surface area contributed by atoms with Crippen molar-refractivity contribution >= 4 is 21.6 Å². The Hall–Kier alpha value is -3.36. The minimum absolute atomic E-state index is 0.182. The topological polar surface area (TPSA) is 70.2 Å². The first-order chi connectivity index (χ1) is 17.0. The van der Waals surface area contributed by atoms with Crippen molar-refractivity contribution in [3.05, 3.63) is 90.5 Å². The molecule has 1 aliphatic heterocycles. The third-order valence-corrected chi connectivity index (χ3v) is 8.10. The molecule has 0 saturated carbocycles. The molecule has 1 saturated heterocycles. The standard InChI is InChI=1S/C27H31N3O4S/c1-34-26-15-9-8-14-25(26)28-18-20-29(21-19-28)27(31)22-30(17-16-23-10-4-2-5-11-23)35(32,33)24-12-6-3-7-13-24/h2-15H,16-22H2,1H3. The predicted molar refractivity (Wildman–Crippen MR) is 137 cm³/mol. The lowest BCUT2D eigenvalue weighted by atomic mass is 10.1. The number of benzene rings is 3. The Bertz CT molecular complexity index is 1210. The Morgan fingerprint density at radius 1 is 0.857 bits per heavy atom. The first-order valence-electron chi connectivity index (χ1n) is 11.7. The minimum atomic E-state index is -3.81. The molecule has 3 aromatic carbocycles. The summed E-state index contributed by atoms with van der Waals surface area (Å²) in [4.78, 5) is 17.4. The Balaban J connectivity index is 1.45. The summed E-state index contributed by atoms with van der Waals surface area (Å²) in [6, 6.07) is 25.8. The van der Waals surface area contributed by atoms with E-state index >= 15 is 0 Å². The van der Waals surface area contributed by atoms with E-state index in [2.05, 4.69) is 4.90 Å². The van der Waals surface area contributed by atoms with E-state index in [4.69, 9.17) is 4.74 Å². The Morgan fingerprint density at radius 3 is 2.11 bits per heavy atom. The summed E-state index contributed by atoms with van der Waals surface area (Å²) >= 11 is 0. The number of para-hydroxylation sites is 2. The van der Waals surface area contributed by atoms with Crippen molar-refractivity contribution < 1.29 is 17.9 Å². The van der Waals surface area contributed by atoms with Crippen molar-refractivity contribution in [3.8, 4) is 5.75 Å². The number of piperazine rings is 1. The molecule has 184 valence electrons. The number of amides is 1. The molecule has 0 spiro atoms. The largest absolute Gasteiger partial charge is 0.495 e. The van der Waals surface area contributed by atoms with E-state index in [-0.39, 0.29) is 23.9 Å². The number of ether oxygens (including phenoxy) is 1.